The largest absolute Gasteiger partial charge is 0.346 e. The van der Waals surface area contributed by atoms with Crippen molar-refractivity contribution in [1.29, 1.82) is 0 Å². The Hall–Kier alpha value is -0.750. The highest BCUT2D eigenvalue weighted by molar-refractivity contribution is 7.99. The maximum atomic E-state index is 12.1. The molecular formula is C15H27N3O2S. The van der Waals surface area contributed by atoms with E-state index in [0.29, 0.717) is 19.6 Å². The second-order valence-corrected chi connectivity index (χ2v) is 7.67. The van der Waals surface area contributed by atoms with Gasteiger partial charge >= 0.3 is 11.8 Å². The van der Waals surface area contributed by atoms with Crippen molar-refractivity contribution < 1.29 is 9.59 Å². The van der Waals surface area contributed by atoms with Gasteiger partial charge in [0.05, 0.1) is 0 Å². The van der Waals surface area contributed by atoms with E-state index in [9.17, 15) is 9.59 Å². The van der Waals surface area contributed by atoms with Crippen LogP contribution in [0.1, 0.15) is 33.1 Å². The SMILES string of the molecule is CC(C)(CNC(=O)C(=O)N1CCSCC1)N1CCCCC1. The van der Waals surface area contributed by atoms with E-state index in [2.05, 4.69) is 24.1 Å². The molecule has 2 rings (SSSR count). The summed E-state index contributed by atoms with van der Waals surface area (Å²) in [7, 11) is 0. The summed E-state index contributed by atoms with van der Waals surface area (Å²) in [4.78, 5) is 28.2. The molecule has 0 aromatic carbocycles. The van der Waals surface area contributed by atoms with E-state index in [4.69, 9.17) is 0 Å². The Morgan fingerprint density at radius 1 is 1.05 bits per heavy atom. The van der Waals surface area contributed by atoms with E-state index in [1.807, 2.05) is 11.8 Å². The predicted molar refractivity (Wildman–Crippen MR) is 86.4 cm³/mol. The van der Waals surface area contributed by atoms with Gasteiger partial charge in [0.25, 0.3) is 0 Å². The van der Waals surface area contributed by atoms with E-state index >= 15 is 0 Å². The van der Waals surface area contributed by atoms with Gasteiger partial charge in [0.2, 0.25) is 0 Å². The summed E-state index contributed by atoms with van der Waals surface area (Å²) >= 11 is 1.83. The molecule has 6 heteroatoms. The van der Waals surface area contributed by atoms with Crippen LogP contribution in [-0.2, 0) is 9.59 Å². The summed E-state index contributed by atoms with van der Waals surface area (Å²) in [5, 5.41) is 2.84. The molecule has 2 fully saturated rings. The molecule has 21 heavy (non-hydrogen) atoms. The van der Waals surface area contributed by atoms with Crippen LogP contribution in [0, 0.1) is 0 Å². The number of carbonyl (C=O) groups excluding carboxylic acids is 2. The second-order valence-electron chi connectivity index (χ2n) is 6.45. The number of likely N-dealkylation sites (tertiary alicyclic amines) is 1. The van der Waals surface area contributed by atoms with Gasteiger partial charge in [-0.1, -0.05) is 6.42 Å². The topological polar surface area (TPSA) is 52.7 Å². The summed E-state index contributed by atoms with van der Waals surface area (Å²) in [5.74, 6) is 1.04. The molecule has 2 aliphatic rings. The monoisotopic (exact) mass is 313 g/mol. The molecule has 2 aliphatic heterocycles. The van der Waals surface area contributed by atoms with Crippen LogP contribution in [0.3, 0.4) is 0 Å². The van der Waals surface area contributed by atoms with Crippen LogP contribution in [0.4, 0.5) is 0 Å². The van der Waals surface area contributed by atoms with Gasteiger partial charge in [-0.25, -0.2) is 0 Å². The first-order valence-corrected chi connectivity index (χ1v) is 9.06. The van der Waals surface area contributed by atoms with E-state index in [-0.39, 0.29) is 11.4 Å². The highest BCUT2D eigenvalue weighted by atomic mass is 32.2. The Balaban J connectivity index is 1.80. The average molecular weight is 313 g/mol. The lowest BCUT2D eigenvalue weighted by Crippen LogP contribution is -2.55. The van der Waals surface area contributed by atoms with Crippen molar-refractivity contribution in [1.82, 2.24) is 15.1 Å². The molecule has 2 amide bonds. The fraction of sp³-hybridized carbons (Fsp3) is 0.867. The Morgan fingerprint density at radius 2 is 1.67 bits per heavy atom. The molecule has 5 nitrogen and oxygen atoms in total. The van der Waals surface area contributed by atoms with Crippen LogP contribution < -0.4 is 5.32 Å². The predicted octanol–water partition coefficient (Wildman–Crippen LogP) is 0.943. The zero-order valence-corrected chi connectivity index (χ0v) is 14.0. The molecule has 0 aromatic heterocycles. The molecule has 0 unspecified atom stereocenters. The van der Waals surface area contributed by atoms with Crippen LogP contribution in [0.2, 0.25) is 0 Å². The number of piperidine rings is 1. The Labute approximate surface area is 131 Å². The van der Waals surface area contributed by atoms with Crippen LogP contribution in [0.25, 0.3) is 0 Å². The van der Waals surface area contributed by atoms with Gasteiger partial charge in [-0.15, -0.1) is 0 Å². The number of thioether (sulfide) groups is 1. The highest BCUT2D eigenvalue weighted by Crippen LogP contribution is 2.19. The first kappa shape index (κ1) is 16.6. The van der Waals surface area contributed by atoms with Crippen LogP contribution >= 0.6 is 11.8 Å². The molecule has 120 valence electrons. The third-order valence-electron chi connectivity index (χ3n) is 4.39. The number of nitrogens with zero attached hydrogens (tertiary/aromatic N) is 2. The molecule has 0 radical (unpaired) electrons. The Morgan fingerprint density at radius 3 is 2.29 bits per heavy atom. The van der Waals surface area contributed by atoms with Crippen molar-refractivity contribution in [3.63, 3.8) is 0 Å². The smallest absolute Gasteiger partial charge is 0.311 e. The Kier molecular flexibility index (Phi) is 5.93. The van der Waals surface area contributed by atoms with Gasteiger partial charge in [-0.3, -0.25) is 14.5 Å². The normalized spacial score (nSPS) is 21.1. The zero-order chi connectivity index (χ0) is 15.3. The van der Waals surface area contributed by atoms with Crippen LogP contribution in [-0.4, -0.2) is 71.4 Å². The zero-order valence-electron chi connectivity index (χ0n) is 13.2. The standard InChI is InChI=1S/C15H27N3O2S/c1-15(2,18-6-4-3-5-7-18)12-16-13(19)14(20)17-8-10-21-11-9-17/h3-12H2,1-2H3,(H,16,19). The molecule has 0 bridgehead atoms. The Bertz CT molecular complexity index is 375. The fourth-order valence-corrected chi connectivity index (χ4v) is 3.80. The maximum Gasteiger partial charge on any atom is 0.311 e. The van der Waals surface area contributed by atoms with Crippen molar-refractivity contribution in [2.75, 3.05) is 44.2 Å². The lowest BCUT2D eigenvalue weighted by Gasteiger charge is -2.41. The minimum absolute atomic E-state index is 0.0892. The lowest BCUT2D eigenvalue weighted by atomic mass is 9.98. The van der Waals surface area contributed by atoms with Crippen LogP contribution in [0.5, 0.6) is 0 Å². The summed E-state index contributed by atoms with van der Waals surface area (Å²) in [6.07, 6.45) is 3.74. The van der Waals surface area contributed by atoms with Crippen LogP contribution in [0.15, 0.2) is 0 Å². The summed E-state index contributed by atoms with van der Waals surface area (Å²) < 4.78 is 0. The molecule has 1 N–H and O–H groups in total. The first-order valence-electron chi connectivity index (χ1n) is 7.90. The molecule has 0 atom stereocenters. The van der Waals surface area contributed by atoms with Gasteiger partial charge in [-0.2, -0.15) is 11.8 Å². The number of amides is 2. The maximum absolute atomic E-state index is 12.1. The van der Waals surface area contributed by atoms with E-state index in [0.717, 1.165) is 24.6 Å². The highest BCUT2D eigenvalue weighted by Gasteiger charge is 2.30. The van der Waals surface area contributed by atoms with Crippen molar-refractivity contribution in [2.24, 2.45) is 0 Å². The summed E-state index contributed by atoms with van der Waals surface area (Å²) in [6.45, 7) is 8.35. The molecule has 2 heterocycles. The van der Waals surface area contributed by atoms with Crippen molar-refractivity contribution in [2.45, 2.75) is 38.6 Å². The van der Waals surface area contributed by atoms with Gasteiger partial charge in [0.15, 0.2) is 0 Å². The van der Waals surface area contributed by atoms with E-state index < -0.39 is 5.91 Å². The average Bonchev–Trinajstić information content (AvgIpc) is 2.53. The van der Waals surface area contributed by atoms with Crippen molar-refractivity contribution in [3.05, 3.63) is 0 Å². The number of rotatable bonds is 3. The number of hydrogen-bond donors (Lipinski definition) is 1. The fourth-order valence-electron chi connectivity index (χ4n) is 2.89. The summed E-state index contributed by atoms with van der Waals surface area (Å²) in [5.41, 5.74) is -0.0892. The lowest BCUT2D eigenvalue weighted by molar-refractivity contribution is -0.145. The molecule has 0 aromatic rings. The van der Waals surface area contributed by atoms with Gasteiger partial charge in [-0.05, 0) is 39.8 Å². The van der Waals surface area contributed by atoms with Crippen molar-refractivity contribution in [3.8, 4) is 0 Å². The molecule has 0 spiro atoms. The van der Waals surface area contributed by atoms with E-state index in [1.165, 1.54) is 19.3 Å². The summed E-state index contributed by atoms with van der Waals surface area (Å²) in [6, 6.07) is 0. The number of nitrogens with one attached hydrogen (secondary N) is 1. The van der Waals surface area contributed by atoms with Gasteiger partial charge < -0.3 is 10.2 Å². The third kappa shape index (κ3) is 4.61. The molecule has 0 saturated carbocycles. The van der Waals surface area contributed by atoms with Gasteiger partial charge in [0.1, 0.15) is 0 Å². The number of hydrogen-bond acceptors (Lipinski definition) is 4. The van der Waals surface area contributed by atoms with E-state index in [1.54, 1.807) is 4.90 Å². The van der Waals surface area contributed by atoms with Gasteiger partial charge in [0, 0.05) is 36.7 Å². The second kappa shape index (κ2) is 7.49. The minimum Gasteiger partial charge on any atom is -0.346 e. The number of carbonyl (C=O) groups is 2. The molecular weight excluding hydrogens is 286 g/mol. The van der Waals surface area contributed by atoms with Crippen molar-refractivity contribution >= 4 is 23.6 Å². The molecule has 2 saturated heterocycles. The quantitative estimate of drug-likeness (QED) is 0.788. The minimum atomic E-state index is -0.452. The first-order chi connectivity index (χ1) is 10.0. The molecule has 0 aliphatic carbocycles. The third-order valence-corrected chi connectivity index (χ3v) is 5.33.